The first kappa shape index (κ1) is 15.9. The molecule has 0 unspecified atom stereocenters. The van der Waals surface area contributed by atoms with Crippen LogP contribution in [0.4, 0.5) is 5.69 Å². The van der Waals surface area contributed by atoms with E-state index < -0.39 is 0 Å². The predicted octanol–water partition coefficient (Wildman–Crippen LogP) is 5.40. The Labute approximate surface area is 155 Å². The average Bonchev–Trinajstić information content (AvgIpc) is 3.04. The molecule has 3 aromatic rings. The van der Waals surface area contributed by atoms with E-state index in [1.807, 2.05) is 6.07 Å². The second kappa shape index (κ2) is 5.12. The first-order valence-corrected chi connectivity index (χ1v) is 9.74. The first-order chi connectivity index (χ1) is 12.4. The number of imidazole rings is 1. The zero-order valence-electron chi connectivity index (χ0n) is 16.2. The summed E-state index contributed by atoms with van der Waals surface area (Å²) in [5.41, 5.74) is 8.25. The molecular weight excluding hydrogens is 318 g/mol. The number of nitrogens with one attached hydrogen (secondary N) is 1. The van der Waals surface area contributed by atoms with Crippen molar-refractivity contribution in [2.75, 3.05) is 18.0 Å². The van der Waals surface area contributed by atoms with Gasteiger partial charge in [-0.15, -0.1) is 0 Å². The molecule has 26 heavy (non-hydrogen) atoms. The molecule has 0 atom stereocenters. The summed E-state index contributed by atoms with van der Waals surface area (Å²) in [6.07, 6.45) is 2.42. The van der Waals surface area contributed by atoms with Crippen LogP contribution in [0, 0.1) is 0 Å². The molecule has 134 valence electrons. The van der Waals surface area contributed by atoms with Crippen molar-refractivity contribution in [3.05, 3.63) is 47.5 Å². The van der Waals surface area contributed by atoms with Gasteiger partial charge in [-0.3, -0.25) is 0 Å². The number of rotatable bonds is 1. The fraction of sp³-hybridized carbons (Fsp3) is 0.435. The zero-order chi connectivity index (χ0) is 18.1. The molecular formula is C23H27N3. The zero-order valence-corrected chi connectivity index (χ0v) is 16.2. The van der Waals surface area contributed by atoms with E-state index in [1.54, 1.807) is 0 Å². The molecule has 3 nitrogen and oxygen atoms in total. The standard InChI is InChI=1S/C23H27N3/c1-22(2)9-11-26-12-10-23(3,4)17-14-15(13-16(22)20(17)26)21-24-18-7-5-6-8-19(18)25-21/h5-8,13-14H,9-12H2,1-4H3,(H,24,25). The van der Waals surface area contributed by atoms with Crippen LogP contribution in [-0.2, 0) is 10.8 Å². The maximum atomic E-state index is 4.87. The van der Waals surface area contributed by atoms with E-state index in [4.69, 9.17) is 4.98 Å². The van der Waals surface area contributed by atoms with Crippen molar-refractivity contribution in [3.8, 4) is 11.4 Å². The lowest BCUT2D eigenvalue weighted by Crippen LogP contribution is -2.44. The largest absolute Gasteiger partial charge is 0.371 e. The van der Waals surface area contributed by atoms with Crippen molar-refractivity contribution in [2.24, 2.45) is 0 Å². The Morgan fingerprint density at radius 3 is 2.15 bits per heavy atom. The van der Waals surface area contributed by atoms with Gasteiger partial charge in [0.2, 0.25) is 0 Å². The molecule has 3 heterocycles. The van der Waals surface area contributed by atoms with Crippen LogP contribution in [0.25, 0.3) is 22.4 Å². The van der Waals surface area contributed by atoms with Gasteiger partial charge in [-0.05, 0) is 59.1 Å². The Balaban J connectivity index is 1.78. The number of aromatic nitrogens is 2. The van der Waals surface area contributed by atoms with Crippen molar-refractivity contribution < 1.29 is 0 Å². The van der Waals surface area contributed by atoms with Crippen LogP contribution >= 0.6 is 0 Å². The lowest BCUT2D eigenvalue weighted by molar-refractivity contribution is 0.402. The van der Waals surface area contributed by atoms with Crippen LogP contribution in [0.5, 0.6) is 0 Å². The second-order valence-electron chi connectivity index (χ2n) is 9.28. The van der Waals surface area contributed by atoms with Gasteiger partial charge in [0.1, 0.15) is 5.82 Å². The number of aromatic amines is 1. The first-order valence-electron chi connectivity index (χ1n) is 9.74. The van der Waals surface area contributed by atoms with Crippen LogP contribution in [0.15, 0.2) is 36.4 Å². The maximum Gasteiger partial charge on any atom is 0.138 e. The number of hydrogen-bond acceptors (Lipinski definition) is 2. The van der Waals surface area contributed by atoms with Gasteiger partial charge in [0, 0.05) is 24.3 Å². The van der Waals surface area contributed by atoms with Gasteiger partial charge in [0.15, 0.2) is 0 Å². The fourth-order valence-corrected chi connectivity index (χ4v) is 4.67. The minimum atomic E-state index is 0.204. The molecule has 0 aliphatic carbocycles. The number of nitrogens with zero attached hydrogens (tertiary/aromatic N) is 2. The van der Waals surface area contributed by atoms with Crippen LogP contribution in [-0.4, -0.2) is 23.1 Å². The van der Waals surface area contributed by atoms with E-state index in [0.29, 0.717) is 0 Å². The maximum absolute atomic E-state index is 4.87. The van der Waals surface area contributed by atoms with Gasteiger partial charge in [-0.1, -0.05) is 39.8 Å². The minimum absolute atomic E-state index is 0.204. The summed E-state index contributed by atoms with van der Waals surface area (Å²) < 4.78 is 0. The molecule has 2 aliphatic rings. The summed E-state index contributed by atoms with van der Waals surface area (Å²) in [5, 5.41) is 0. The van der Waals surface area contributed by atoms with Crippen molar-refractivity contribution >= 4 is 16.7 Å². The molecule has 5 rings (SSSR count). The minimum Gasteiger partial charge on any atom is -0.371 e. The van der Waals surface area contributed by atoms with Gasteiger partial charge in [-0.2, -0.15) is 0 Å². The van der Waals surface area contributed by atoms with Crippen LogP contribution in [0.3, 0.4) is 0 Å². The van der Waals surface area contributed by atoms with Crippen molar-refractivity contribution in [1.82, 2.24) is 9.97 Å². The molecule has 0 amide bonds. The molecule has 0 bridgehead atoms. The summed E-state index contributed by atoms with van der Waals surface area (Å²) in [6, 6.07) is 13.1. The Morgan fingerprint density at radius 2 is 1.54 bits per heavy atom. The van der Waals surface area contributed by atoms with E-state index in [9.17, 15) is 0 Å². The molecule has 0 spiro atoms. The SMILES string of the molecule is CC1(C)CCN2CCC(C)(C)c3cc(-c4nc5ccccc5[nH]4)cc1c32. The third kappa shape index (κ3) is 2.22. The summed E-state index contributed by atoms with van der Waals surface area (Å²) in [5.74, 6) is 0.986. The summed E-state index contributed by atoms with van der Waals surface area (Å²) in [6.45, 7) is 11.9. The molecule has 0 fully saturated rings. The third-order valence-electron chi connectivity index (χ3n) is 6.56. The highest BCUT2D eigenvalue weighted by atomic mass is 15.2. The fourth-order valence-electron chi connectivity index (χ4n) is 4.67. The van der Waals surface area contributed by atoms with Crippen molar-refractivity contribution in [3.63, 3.8) is 0 Å². The number of para-hydroxylation sites is 2. The highest BCUT2D eigenvalue weighted by Crippen LogP contribution is 2.50. The quantitative estimate of drug-likeness (QED) is 0.640. The van der Waals surface area contributed by atoms with E-state index in [2.05, 4.69) is 67.9 Å². The number of hydrogen-bond donors (Lipinski definition) is 1. The Morgan fingerprint density at radius 1 is 0.923 bits per heavy atom. The third-order valence-corrected chi connectivity index (χ3v) is 6.56. The summed E-state index contributed by atoms with van der Waals surface area (Å²) >= 11 is 0. The van der Waals surface area contributed by atoms with E-state index in [0.717, 1.165) is 16.9 Å². The van der Waals surface area contributed by atoms with Gasteiger partial charge in [-0.25, -0.2) is 4.98 Å². The molecule has 1 aromatic heterocycles. The van der Waals surface area contributed by atoms with Crippen molar-refractivity contribution in [2.45, 2.75) is 51.4 Å². The summed E-state index contributed by atoms with van der Waals surface area (Å²) in [4.78, 5) is 11.0. The van der Waals surface area contributed by atoms with Crippen LogP contribution < -0.4 is 4.90 Å². The molecule has 2 aliphatic heterocycles. The van der Waals surface area contributed by atoms with Gasteiger partial charge < -0.3 is 9.88 Å². The molecule has 3 heteroatoms. The van der Waals surface area contributed by atoms with Gasteiger partial charge in [0.05, 0.1) is 11.0 Å². The molecule has 1 N–H and O–H groups in total. The monoisotopic (exact) mass is 345 g/mol. The van der Waals surface area contributed by atoms with Crippen molar-refractivity contribution in [1.29, 1.82) is 0 Å². The molecule has 2 aromatic carbocycles. The van der Waals surface area contributed by atoms with Gasteiger partial charge in [0.25, 0.3) is 0 Å². The number of anilines is 1. The predicted molar refractivity (Wildman–Crippen MR) is 109 cm³/mol. The van der Waals surface area contributed by atoms with Crippen LogP contribution in [0.1, 0.15) is 51.7 Å². The number of fused-ring (bicyclic) bond motifs is 1. The van der Waals surface area contributed by atoms with E-state index in [1.165, 1.54) is 48.3 Å². The topological polar surface area (TPSA) is 31.9 Å². The summed E-state index contributed by atoms with van der Waals surface area (Å²) in [7, 11) is 0. The molecule has 0 radical (unpaired) electrons. The van der Waals surface area contributed by atoms with Gasteiger partial charge >= 0.3 is 0 Å². The normalized spacial score (nSPS) is 20.2. The lowest BCUT2D eigenvalue weighted by Gasteiger charge is -2.48. The highest BCUT2D eigenvalue weighted by Gasteiger charge is 2.40. The lowest BCUT2D eigenvalue weighted by atomic mass is 9.69. The Bertz CT molecular complexity index is 935. The van der Waals surface area contributed by atoms with Crippen LogP contribution in [0.2, 0.25) is 0 Å². The highest BCUT2D eigenvalue weighted by molar-refractivity contribution is 5.81. The second-order valence-corrected chi connectivity index (χ2v) is 9.28. The molecule has 0 saturated carbocycles. The Kier molecular flexibility index (Phi) is 3.14. The number of H-pyrrole nitrogens is 1. The molecule has 0 saturated heterocycles. The Hall–Kier alpha value is -2.29. The number of benzene rings is 2. The van der Waals surface area contributed by atoms with E-state index in [-0.39, 0.29) is 10.8 Å². The smallest absolute Gasteiger partial charge is 0.138 e. The average molecular weight is 345 g/mol. The van der Waals surface area contributed by atoms with E-state index >= 15 is 0 Å².